The average Bonchev–Trinajstić information content (AvgIpc) is 2.34. The average molecular weight is 234 g/mol. The molecule has 0 aliphatic carbocycles. The number of hydrogen-bond donors (Lipinski definition) is 1. The van der Waals surface area contributed by atoms with Crippen LogP contribution in [-0.2, 0) is 6.42 Å². The van der Waals surface area contributed by atoms with Crippen molar-refractivity contribution in [2.45, 2.75) is 39.0 Å². The van der Waals surface area contributed by atoms with Crippen molar-refractivity contribution in [1.29, 1.82) is 0 Å². The maximum Gasteiger partial charge on any atom is 0.126 e. The highest BCUT2D eigenvalue weighted by atomic mass is 16.5. The third kappa shape index (κ3) is 4.94. The molecule has 0 atom stereocenters. The molecule has 1 aromatic carbocycles. The zero-order valence-electron chi connectivity index (χ0n) is 10.6. The quantitative estimate of drug-likeness (QED) is 0.542. The fourth-order valence-electron chi connectivity index (χ4n) is 1.78. The van der Waals surface area contributed by atoms with E-state index in [1.165, 1.54) is 31.2 Å². The fourth-order valence-corrected chi connectivity index (χ4v) is 1.78. The Hall–Kier alpha value is -1.44. The molecule has 0 heterocycles. The molecule has 1 rings (SSSR count). The van der Waals surface area contributed by atoms with Crippen LogP contribution in [0.2, 0.25) is 0 Å². The lowest BCUT2D eigenvalue weighted by molar-refractivity contribution is 0.355. The number of unbranched alkanes of at least 4 members (excludes halogenated alkanes) is 3. The number of aromatic hydroxyl groups is 1. The van der Waals surface area contributed by atoms with Crippen molar-refractivity contribution in [2.75, 3.05) is 6.61 Å². The highest BCUT2D eigenvalue weighted by Gasteiger charge is 2.04. The summed E-state index contributed by atoms with van der Waals surface area (Å²) in [6.45, 7) is 6.31. The number of rotatable bonds is 8. The maximum atomic E-state index is 9.44. The van der Waals surface area contributed by atoms with Gasteiger partial charge in [-0.15, -0.1) is 0 Å². The summed E-state index contributed by atoms with van der Waals surface area (Å²) in [4.78, 5) is 0. The molecule has 17 heavy (non-hydrogen) atoms. The van der Waals surface area contributed by atoms with E-state index in [2.05, 4.69) is 13.5 Å². The minimum absolute atomic E-state index is 0.251. The topological polar surface area (TPSA) is 29.5 Å². The van der Waals surface area contributed by atoms with Crippen LogP contribution in [0, 0.1) is 0 Å². The lowest BCUT2D eigenvalue weighted by Gasteiger charge is -2.10. The van der Waals surface area contributed by atoms with Crippen LogP contribution in [0.5, 0.6) is 11.5 Å². The minimum Gasteiger partial charge on any atom is -0.508 e. The van der Waals surface area contributed by atoms with E-state index in [-0.39, 0.29) is 5.75 Å². The molecule has 94 valence electrons. The number of ether oxygens (including phenoxy) is 1. The standard InChI is InChI=1S/C15H22O2/c1-3-5-6-7-8-13-9-10-14(16)12-15(13)17-11-4-2/h4,9-10,12,16H,2-3,5-8,11H2,1H3. The summed E-state index contributed by atoms with van der Waals surface area (Å²) in [5.41, 5.74) is 1.17. The lowest BCUT2D eigenvalue weighted by Crippen LogP contribution is -1.97. The summed E-state index contributed by atoms with van der Waals surface area (Å²) in [6.07, 6.45) is 7.66. The van der Waals surface area contributed by atoms with Crippen molar-refractivity contribution in [3.05, 3.63) is 36.4 Å². The van der Waals surface area contributed by atoms with Crippen LogP contribution in [0.4, 0.5) is 0 Å². The first-order chi connectivity index (χ1) is 8.27. The second kappa shape index (κ2) is 7.77. The highest BCUT2D eigenvalue weighted by molar-refractivity contribution is 5.40. The van der Waals surface area contributed by atoms with Gasteiger partial charge in [-0.2, -0.15) is 0 Å². The molecule has 2 nitrogen and oxygen atoms in total. The molecule has 2 heteroatoms. The van der Waals surface area contributed by atoms with Crippen LogP contribution in [-0.4, -0.2) is 11.7 Å². The molecule has 0 fully saturated rings. The largest absolute Gasteiger partial charge is 0.508 e. The molecule has 0 amide bonds. The van der Waals surface area contributed by atoms with E-state index < -0.39 is 0 Å². The van der Waals surface area contributed by atoms with Crippen LogP contribution in [0.3, 0.4) is 0 Å². The summed E-state index contributed by atoms with van der Waals surface area (Å²) in [6, 6.07) is 5.34. The monoisotopic (exact) mass is 234 g/mol. The van der Waals surface area contributed by atoms with Gasteiger partial charge in [0.05, 0.1) is 0 Å². The summed E-state index contributed by atoms with van der Waals surface area (Å²) in [7, 11) is 0. The molecule has 0 saturated heterocycles. The first-order valence-corrected chi connectivity index (χ1v) is 6.33. The van der Waals surface area contributed by atoms with Gasteiger partial charge in [-0.25, -0.2) is 0 Å². The van der Waals surface area contributed by atoms with Crippen molar-refractivity contribution in [1.82, 2.24) is 0 Å². The van der Waals surface area contributed by atoms with Crippen molar-refractivity contribution in [2.24, 2.45) is 0 Å². The lowest BCUT2D eigenvalue weighted by atomic mass is 10.1. The summed E-state index contributed by atoms with van der Waals surface area (Å²) in [5, 5.41) is 9.44. The molecule has 1 N–H and O–H groups in total. The predicted octanol–water partition coefficient (Wildman–Crippen LogP) is 4.08. The van der Waals surface area contributed by atoms with Gasteiger partial charge >= 0.3 is 0 Å². The molecular formula is C15H22O2. The highest BCUT2D eigenvalue weighted by Crippen LogP contribution is 2.25. The normalized spacial score (nSPS) is 10.2. The Balaban J connectivity index is 2.58. The van der Waals surface area contributed by atoms with E-state index in [4.69, 9.17) is 4.74 Å². The Morgan fingerprint density at radius 3 is 2.82 bits per heavy atom. The zero-order valence-corrected chi connectivity index (χ0v) is 10.6. The van der Waals surface area contributed by atoms with E-state index in [1.807, 2.05) is 6.07 Å². The Kier molecular flexibility index (Phi) is 6.23. The Morgan fingerprint density at radius 2 is 2.12 bits per heavy atom. The molecule has 0 aliphatic heterocycles. The first kappa shape index (κ1) is 13.6. The molecule has 0 bridgehead atoms. The predicted molar refractivity (Wildman–Crippen MR) is 71.6 cm³/mol. The summed E-state index contributed by atoms with van der Waals surface area (Å²) >= 11 is 0. The van der Waals surface area contributed by atoms with Gasteiger partial charge in [-0.3, -0.25) is 0 Å². The molecule has 0 unspecified atom stereocenters. The van der Waals surface area contributed by atoms with Gasteiger partial charge in [0.25, 0.3) is 0 Å². The van der Waals surface area contributed by atoms with E-state index in [0.29, 0.717) is 6.61 Å². The van der Waals surface area contributed by atoms with Gasteiger partial charge in [-0.05, 0) is 24.5 Å². The Bertz CT molecular complexity index is 345. The number of benzene rings is 1. The maximum absolute atomic E-state index is 9.44. The molecule has 0 radical (unpaired) electrons. The van der Waals surface area contributed by atoms with Gasteiger partial charge in [0.1, 0.15) is 18.1 Å². The van der Waals surface area contributed by atoms with E-state index in [0.717, 1.165) is 12.2 Å². The molecular weight excluding hydrogens is 212 g/mol. The van der Waals surface area contributed by atoms with Crippen LogP contribution in [0.25, 0.3) is 0 Å². The van der Waals surface area contributed by atoms with Gasteiger partial charge < -0.3 is 9.84 Å². The van der Waals surface area contributed by atoms with Gasteiger partial charge in [0.2, 0.25) is 0 Å². The van der Waals surface area contributed by atoms with Crippen molar-refractivity contribution >= 4 is 0 Å². The Morgan fingerprint density at radius 1 is 1.29 bits per heavy atom. The second-order valence-corrected chi connectivity index (χ2v) is 4.20. The molecule has 0 aromatic heterocycles. The Labute approximate surface area is 104 Å². The second-order valence-electron chi connectivity index (χ2n) is 4.20. The van der Waals surface area contributed by atoms with Gasteiger partial charge in [0.15, 0.2) is 0 Å². The van der Waals surface area contributed by atoms with Crippen LogP contribution in [0.1, 0.15) is 38.2 Å². The first-order valence-electron chi connectivity index (χ1n) is 6.33. The fraction of sp³-hybridized carbons (Fsp3) is 0.467. The summed E-state index contributed by atoms with van der Waals surface area (Å²) < 4.78 is 5.55. The third-order valence-corrected chi connectivity index (χ3v) is 2.71. The van der Waals surface area contributed by atoms with Crippen LogP contribution >= 0.6 is 0 Å². The zero-order chi connectivity index (χ0) is 12.5. The smallest absolute Gasteiger partial charge is 0.126 e. The molecule has 1 aromatic rings. The SMILES string of the molecule is C=CCOc1cc(O)ccc1CCCCCC. The number of hydrogen-bond acceptors (Lipinski definition) is 2. The van der Waals surface area contributed by atoms with Crippen LogP contribution < -0.4 is 4.74 Å². The summed E-state index contributed by atoms with van der Waals surface area (Å²) in [5.74, 6) is 1.03. The third-order valence-electron chi connectivity index (χ3n) is 2.71. The van der Waals surface area contributed by atoms with Gasteiger partial charge in [-0.1, -0.05) is 44.9 Å². The number of aryl methyl sites for hydroxylation is 1. The molecule has 0 aliphatic rings. The minimum atomic E-state index is 0.251. The van der Waals surface area contributed by atoms with Gasteiger partial charge in [0, 0.05) is 6.07 Å². The van der Waals surface area contributed by atoms with E-state index in [9.17, 15) is 5.11 Å². The van der Waals surface area contributed by atoms with E-state index in [1.54, 1.807) is 18.2 Å². The van der Waals surface area contributed by atoms with Crippen LogP contribution in [0.15, 0.2) is 30.9 Å². The number of phenols is 1. The van der Waals surface area contributed by atoms with E-state index >= 15 is 0 Å². The molecule has 0 saturated carbocycles. The van der Waals surface area contributed by atoms with Crippen molar-refractivity contribution in [3.63, 3.8) is 0 Å². The van der Waals surface area contributed by atoms with Crippen molar-refractivity contribution in [3.8, 4) is 11.5 Å². The number of phenolic OH excluding ortho intramolecular Hbond substituents is 1. The van der Waals surface area contributed by atoms with Crippen molar-refractivity contribution < 1.29 is 9.84 Å². The molecule has 0 spiro atoms.